The Labute approximate surface area is 102 Å². The Morgan fingerprint density at radius 1 is 1.53 bits per heavy atom. The fourth-order valence-corrected chi connectivity index (χ4v) is 2.42. The summed E-state index contributed by atoms with van der Waals surface area (Å²) in [5, 5.41) is 17.6. The van der Waals surface area contributed by atoms with Gasteiger partial charge in [0, 0.05) is 19.2 Å². The van der Waals surface area contributed by atoms with E-state index in [1.807, 2.05) is 12.1 Å². The average Bonchev–Trinajstić information content (AvgIpc) is 2.84. The summed E-state index contributed by atoms with van der Waals surface area (Å²) in [4.78, 5) is 6.44. The maximum Gasteiger partial charge on any atom is 0.140 e. The molecule has 0 aliphatic carbocycles. The van der Waals surface area contributed by atoms with E-state index in [1.54, 1.807) is 12.3 Å². The first-order valence-electron chi connectivity index (χ1n) is 6.09. The predicted molar refractivity (Wildman–Crippen MR) is 65.6 cm³/mol. The molecule has 2 heterocycles. The van der Waals surface area contributed by atoms with E-state index in [4.69, 9.17) is 10.4 Å². The number of aliphatic hydroxyl groups excluding tert-OH is 1. The second kappa shape index (κ2) is 5.65. The maximum atomic E-state index is 8.88. The quantitative estimate of drug-likeness (QED) is 0.856. The minimum atomic E-state index is 0.260. The lowest BCUT2D eigenvalue weighted by Crippen LogP contribution is -2.29. The summed E-state index contributed by atoms with van der Waals surface area (Å²) in [5.41, 5.74) is 1.55. The highest BCUT2D eigenvalue weighted by atomic mass is 16.2. The molecule has 17 heavy (non-hydrogen) atoms. The molecule has 1 aliphatic rings. The van der Waals surface area contributed by atoms with Crippen molar-refractivity contribution in [1.29, 1.82) is 5.26 Å². The van der Waals surface area contributed by atoms with Gasteiger partial charge in [0.15, 0.2) is 0 Å². The molecule has 0 saturated carbocycles. The van der Waals surface area contributed by atoms with Crippen LogP contribution in [0.4, 0.5) is 5.69 Å². The molecule has 0 amide bonds. The van der Waals surface area contributed by atoms with Crippen molar-refractivity contribution in [3.63, 3.8) is 0 Å². The SMILES string of the molecule is N#Cc1ccc(N2CCCC2CCCO)cn1. The second-order valence-electron chi connectivity index (χ2n) is 4.37. The van der Waals surface area contributed by atoms with Crippen molar-refractivity contribution in [2.24, 2.45) is 0 Å². The molecular weight excluding hydrogens is 214 g/mol. The Bertz CT molecular complexity index is 396. The van der Waals surface area contributed by atoms with Crippen LogP contribution in [0, 0.1) is 11.3 Å². The first kappa shape index (κ1) is 11.9. The summed E-state index contributed by atoms with van der Waals surface area (Å²) in [5.74, 6) is 0. The summed E-state index contributed by atoms with van der Waals surface area (Å²) in [6.07, 6.45) is 6.02. The minimum Gasteiger partial charge on any atom is -0.396 e. The zero-order valence-electron chi connectivity index (χ0n) is 9.84. The maximum absolute atomic E-state index is 8.88. The van der Waals surface area contributed by atoms with E-state index >= 15 is 0 Å². The number of pyridine rings is 1. The van der Waals surface area contributed by atoms with E-state index in [0.717, 1.165) is 25.1 Å². The third-order valence-corrected chi connectivity index (χ3v) is 3.27. The molecule has 1 atom stereocenters. The smallest absolute Gasteiger partial charge is 0.140 e. The van der Waals surface area contributed by atoms with Gasteiger partial charge < -0.3 is 10.0 Å². The standard InChI is InChI=1S/C13H17N3O/c14-9-11-5-6-13(10-15-11)16-7-1-3-12(16)4-2-8-17/h5-6,10,12,17H,1-4,7-8H2. The highest BCUT2D eigenvalue weighted by molar-refractivity contribution is 5.47. The van der Waals surface area contributed by atoms with Crippen LogP contribution < -0.4 is 4.90 Å². The molecule has 0 aromatic carbocycles. The molecule has 1 aliphatic heterocycles. The topological polar surface area (TPSA) is 60.2 Å². The molecule has 1 aromatic heterocycles. The normalized spacial score (nSPS) is 19.3. The molecule has 1 aromatic rings. The van der Waals surface area contributed by atoms with Gasteiger partial charge in [-0.1, -0.05) is 0 Å². The van der Waals surface area contributed by atoms with Crippen LogP contribution in [0.2, 0.25) is 0 Å². The number of anilines is 1. The third-order valence-electron chi connectivity index (χ3n) is 3.27. The molecule has 90 valence electrons. The van der Waals surface area contributed by atoms with Crippen molar-refractivity contribution >= 4 is 5.69 Å². The first-order valence-corrected chi connectivity index (χ1v) is 6.09. The Morgan fingerprint density at radius 3 is 3.06 bits per heavy atom. The molecule has 1 saturated heterocycles. The van der Waals surface area contributed by atoms with Crippen LogP contribution in [0.25, 0.3) is 0 Å². The number of aliphatic hydroxyl groups is 1. The molecule has 0 bridgehead atoms. The molecule has 1 fully saturated rings. The summed E-state index contributed by atoms with van der Waals surface area (Å²) in [6, 6.07) is 6.26. The van der Waals surface area contributed by atoms with Gasteiger partial charge in [-0.05, 0) is 37.8 Å². The lowest BCUT2D eigenvalue weighted by molar-refractivity contribution is 0.279. The van der Waals surface area contributed by atoms with Gasteiger partial charge in [0.1, 0.15) is 11.8 Å². The van der Waals surface area contributed by atoms with Crippen molar-refractivity contribution in [3.8, 4) is 6.07 Å². The molecule has 4 nitrogen and oxygen atoms in total. The third kappa shape index (κ3) is 2.75. The Kier molecular flexibility index (Phi) is 3.94. The number of nitriles is 1. The van der Waals surface area contributed by atoms with Crippen molar-refractivity contribution < 1.29 is 5.11 Å². The van der Waals surface area contributed by atoms with Gasteiger partial charge >= 0.3 is 0 Å². The van der Waals surface area contributed by atoms with E-state index in [1.165, 1.54) is 12.8 Å². The van der Waals surface area contributed by atoms with Gasteiger partial charge in [-0.3, -0.25) is 0 Å². The Morgan fingerprint density at radius 2 is 2.41 bits per heavy atom. The van der Waals surface area contributed by atoms with Gasteiger partial charge in [-0.2, -0.15) is 5.26 Å². The minimum absolute atomic E-state index is 0.260. The molecule has 0 radical (unpaired) electrons. The number of rotatable bonds is 4. The van der Waals surface area contributed by atoms with Gasteiger partial charge in [-0.15, -0.1) is 0 Å². The zero-order valence-corrected chi connectivity index (χ0v) is 9.84. The lowest BCUT2D eigenvalue weighted by atomic mass is 10.1. The fraction of sp³-hybridized carbons (Fsp3) is 0.538. The van der Waals surface area contributed by atoms with Crippen LogP contribution in [-0.4, -0.2) is 29.3 Å². The number of hydrogen-bond acceptors (Lipinski definition) is 4. The highest BCUT2D eigenvalue weighted by Gasteiger charge is 2.24. The second-order valence-corrected chi connectivity index (χ2v) is 4.37. The first-order chi connectivity index (χ1) is 8.35. The monoisotopic (exact) mass is 231 g/mol. The average molecular weight is 231 g/mol. The van der Waals surface area contributed by atoms with Crippen LogP contribution in [0.5, 0.6) is 0 Å². The zero-order chi connectivity index (χ0) is 12.1. The van der Waals surface area contributed by atoms with Gasteiger partial charge in [-0.25, -0.2) is 4.98 Å². The predicted octanol–water partition coefficient (Wildman–Crippen LogP) is 1.69. The van der Waals surface area contributed by atoms with Crippen LogP contribution in [0.3, 0.4) is 0 Å². The molecule has 4 heteroatoms. The molecular formula is C13H17N3O. The number of nitrogens with zero attached hydrogens (tertiary/aromatic N) is 3. The van der Waals surface area contributed by atoms with Crippen molar-refractivity contribution in [2.75, 3.05) is 18.1 Å². The van der Waals surface area contributed by atoms with E-state index in [2.05, 4.69) is 9.88 Å². The summed E-state index contributed by atoms with van der Waals surface area (Å²) in [6.45, 7) is 1.31. The van der Waals surface area contributed by atoms with Crippen LogP contribution in [0.15, 0.2) is 18.3 Å². The van der Waals surface area contributed by atoms with Gasteiger partial charge in [0.25, 0.3) is 0 Å². The number of hydrogen-bond donors (Lipinski definition) is 1. The fourth-order valence-electron chi connectivity index (χ4n) is 2.42. The van der Waals surface area contributed by atoms with Crippen molar-refractivity contribution in [2.45, 2.75) is 31.7 Å². The Hall–Kier alpha value is -1.60. The van der Waals surface area contributed by atoms with Crippen LogP contribution in [-0.2, 0) is 0 Å². The molecule has 1 unspecified atom stereocenters. The van der Waals surface area contributed by atoms with Gasteiger partial charge in [0.05, 0.1) is 11.9 Å². The van der Waals surface area contributed by atoms with E-state index in [9.17, 15) is 0 Å². The van der Waals surface area contributed by atoms with Crippen molar-refractivity contribution in [3.05, 3.63) is 24.0 Å². The summed E-state index contributed by atoms with van der Waals surface area (Å²) in [7, 11) is 0. The molecule has 2 rings (SSSR count). The van der Waals surface area contributed by atoms with Crippen LogP contribution in [0.1, 0.15) is 31.4 Å². The summed E-state index contributed by atoms with van der Waals surface area (Å²) >= 11 is 0. The highest BCUT2D eigenvalue weighted by Crippen LogP contribution is 2.27. The van der Waals surface area contributed by atoms with Crippen LogP contribution >= 0.6 is 0 Å². The van der Waals surface area contributed by atoms with E-state index in [-0.39, 0.29) is 6.61 Å². The largest absolute Gasteiger partial charge is 0.396 e. The molecule has 0 spiro atoms. The lowest BCUT2D eigenvalue weighted by Gasteiger charge is -2.26. The summed E-state index contributed by atoms with van der Waals surface area (Å²) < 4.78 is 0. The number of aromatic nitrogens is 1. The van der Waals surface area contributed by atoms with E-state index < -0.39 is 0 Å². The van der Waals surface area contributed by atoms with E-state index in [0.29, 0.717) is 11.7 Å². The van der Waals surface area contributed by atoms with Gasteiger partial charge in [0.2, 0.25) is 0 Å². The molecule has 1 N–H and O–H groups in total. The van der Waals surface area contributed by atoms with Crippen molar-refractivity contribution in [1.82, 2.24) is 4.98 Å². The Balaban J connectivity index is 2.06.